The van der Waals surface area contributed by atoms with Gasteiger partial charge in [-0.25, -0.2) is 0 Å². The fraction of sp³-hybridized carbons (Fsp3) is 0.836. The third kappa shape index (κ3) is 8.79. The Morgan fingerprint density at radius 2 is 1.05 bits per heavy atom. The maximum atomic E-state index is 14.5. The van der Waals surface area contributed by atoms with Crippen LogP contribution in [0.2, 0.25) is 0 Å². The number of unbranched alkanes of at least 4 members (excludes halogenated alkanes) is 2. The van der Waals surface area contributed by atoms with Crippen LogP contribution in [0.5, 0.6) is 0 Å². The van der Waals surface area contributed by atoms with Gasteiger partial charge in [-0.1, -0.05) is 46.0 Å². The van der Waals surface area contributed by atoms with Crippen molar-refractivity contribution in [2.45, 2.75) is 205 Å². The molecule has 12 fully saturated rings. The molecule has 8 heterocycles. The zero-order valence-corrected chi connectivity index (χ0v) is 54.4. The van der Waals surface area contributed by atoms with E-state index in [9.17, 15) is 28.2 Å². The summed E-state index contributed by atoms with van der Waals surface area (Å²) < 4.78 is 93.2. The molecule has 468 valence electrons. The number of aliphatic hydroxyl groups excluding tert-OH is 2. The van der Waals surface area contributed by atoms with Crippen molar-refractivity contribution in [3.8, 4) is 0 Å². The summed E-state index contributed by atoms with van der Waals surface area (Å²) in [5, 5.41) is 28.6. The molecule has 6 spiro atoms. The minimum absolute atomic E-state index is 0. The van der Waals surface area contributed by atoms with Gasteiger partial charge in [-0.05, 0) is 155 Å². The number of Topliss-reactive ketones (excluding diaryl/α,β-unsaturated/α-hetero) is 2. The van der Waals surface area contributed by atoms with Crippen molar-refractivity contribution < 1.29 is 109 Å². The van der Waals surface area contributed by atoms with E-state index < -0.39 is 91.9 Å². The molecule has 6 saturated carbocycles. The van der Waals surface area contributed by atoms with E-state index in [4.69, 9.17) is 68.1 Å². The smallest absolute Gasteiger partial charge is 0.469 e. The molecule has 8 bridgehead atoms. The monoisotopic (exact) mass is 1230 g/mol. The minimum atomic E-state index is -3.46. The van der Waals surface area contributed by atoms with Gasteiger partial charge in [0.1, 0.15) is 34.6 Å². The Bertz CT molecular complexity index is 3110. The van der Waals surface area contributed by atoms with E-state index in [0.717, 1.165) is 88.4 Å². The van der Waals surface area contributed by atoms with Crippen molar-refractivity contribution in [2.24, 2.45) is 73.1 Å². The van der Waals surface area contributed by atoms with E-state index in [-0.39, 0.29) is 101 Å². The molecule has 0 unspecified atom stereocenters. The molecule has 16 aliphatic rings. The van der Waals surface area contributed by atoms with E-state index in [2.05, 4.69) is 50.9 Å². The molecule has 0 radical (unpaired) electrons. The van der Waals surface area contributed by atoms with Crippen molar-refractivity contribution in [3.05, 3.63) is 73.4 Å². The summed E-state index contributed by atoms with van der Waals surface area (Å²) in [5.41, 5.74) is 21.2. The molecule has 86 heavy (non-hydrogen) atoms. The summed E-state index contributed by atoms with van der Waals surface area (Å²) in [7, 11) is -3.46. The number of aliphatic hydroxyl groups is 2. The molecule has 0 aromatic heterocycles. The second kappa shape index (κ2) is 21.8. The van der Waals surface area contributed by atoms with Crippen molar-refractivity contribution >= 4 is 21.7 Å². The molecule has 0 amide bonds. The summed E-state index contributed by atoms with van der Waals surface area (Å²) in [6.45, 7) is 26.8. The normalized spacial score (nSPS) is 44.5. The third-order valence-corrected chi connectivity index (χ3v) is 23.2. The Kier molecular flexibility index (Phi) is 16.4. The number of fused-ring (bicyclic) bond motifs is 2. The van der Waals surface area contributed by atoms with Crippen LogP contribution >= 0.6 is 0 Å². The standard InChI is InChI=1S/C31H44O10S.C30H41N3O7.N3.Na/c1-17-19-10-11-20-29-16-37-31(30(20,23(17)32)26(19)40-28(4,5)41-31)24(33)22(29)27(2,3)15-18-9-12-21(39-25(18)29)36-13-7-8-14-38-42(6,34)35;1-16-18-9-10-19-28-15-37-30(29(19,22(16)34)25(18)39-27(4,5)40-30)23(35)21(28)26(2,3)14-17-8-11-20(38-24(17)28)36-13-7-6-12-32-33-31;1-3-2;/h19-22,24,26,33H,1,7-16H2,2-6H3;18-21,23,25,35H,1,6-15H2,2-5H3;;/q;;-1;+1/t19-,20-,21+,22+,24-,26+,29-,30-,31+;18-,19-,20+,21+,23-,25+,28-,29-,30+;;/m00../s1. The van der Waals surface area contributed by atoms with Gasteiger partial charge in [0.15, 0.2) is 35.7 Å². The molecule has 0 aromatic rings. The summed E-state index contributed by atoms with van der Waals surface area (Å²) in [6.07, 6.45) is 7.50. The zero-order valence-electron chi connectivity index (χ0n) is 51.6. The van der Waals surface area contributed by atoms with E-state index in [1.54, 1.807) is 0 Å². The Balaban J connectivity index is 0.000000169. The molecular weight excluding hydrogens is 1140 g/mol. The SMILES string of the molecule is C=C1C(=O)[C@@]23[C@@H]4OC(C)(C)O[C@@]25OC[C@]2(C6=C(CC[C@H](OCCCCN=[N+]=[N-])O6)CC(C)(C)[C@H]2[C@@H]5O)[C@@H]3CC[C@@H]14.C=C1C(=O)[C@@]23[C@@H]4OC(C)(C)O[C@@]25OC[C@]2(C6=C(CC[C@H](OCCCCOS(C)(=O)=O)O6)CC(C)(C)[C@H]2[C@@H]5O)[C@@H]3CC[C@@H]14.[N-]=[N+]=[N-].[Na+]. The predicted octanol–water partition coefficient (Wildman–Crippen LogP) is 6.38. The second-order valence-electron chi connectivity index (χ2n) is 28.9. The van der Waals surface area contributed by atoms with Crippen LogP contribution in [0.15, 0.2) is 52.1 Å². The van der Waals surface area contributed by atoms with Crippen molar-refractivity contribution in [3.63, 3.8) is 0 Å². The Labute approximate surface area is 525 Å². The molecule has 8 aliphatic heterocycles. The van der Waals surface area contributed by atoms with E-state index in [0.29, 0.717) is 56.8 Å². The molecular formula is C61H85N6NaO17S. The van der Waals surface area contributed by atoms with Crippen LogP contribution in [0, 0.1) is 68.0 Å². The summed E-state index contributed by atoms with van der Waals surface area (Å²) in [5.74, 6) is -4.76. The van der Waals surface area contributed by atoms with Crippen LogP contribution in [-0.4, -0.2) is 136 Å². The maximum Gasteiger partial charge on any atom is 1.00 e. The molecule has 0 aromatic carbocycles. The van der Waals surface area contributed by atoms with Gasteiger partial charge < -0.3 is 68.6 Å². The zero-order chi connectivity index (χ0) is 61.1. The Morgan fingerprint density at radius 3 is 1.45 bits per heavy atom. The average Bonchev–Trinajstić information content (AvgIpc) is 1.16. The third-order valence-electron chi connectivity index (χ3n) is 22.6. The number of hydrogen-bond acceptors (Lipinski definition) is 18. The number of carbonyl (C=O) groups excluding carboxylic acids is 2. The van der Waals surface area contributed by atoms with Gasteiger partial charge in [0.25, 0.3) is 10.1 Å². The first-order valence-electron chi connectivity index (χ1n) is 30.7. The fourth-order valence-electron chi connectivity index (χ4n) is 20.7. The van der Waals surface area contributed by atoms with Crippen LogP contribution in [-0.2, 0) is 71.3 Å². The minimum Gasteiger partial charge on any atom is -0.469 e. The van der Waals surface area contributed by atoms with Gasteiger partial charge in [0, 0.05) is 48.0 Å². The van der Waals surface area contributed by atoms with E-state index >= 15 is 0 Å². The first-order valence-corrected chi connectivity index (χ1v) is 32.5. The largest absolute Gasteiger partial charge is 1.00 e. The summed E-state index contributed by atoms with van der Waals surface area (Å²) >= 11 is 0. The Hall–Kier alpha value is -2.97. The Morgan fingerprint density at radius 1 is 0.640 bits per heavy atom. The number of rotatable bonds is 13. The van der Waals surface area contributed by atoms with Crippen LogP contribution in [0.4, 0.5) is 0 Å². The van der Waals surface area contributed by atoms with Gasteiger partial charge in [-0.3, -0.25) is 18.7 Å². The van der Waals surface area contributed by atoms with Gasteiger partial charge in [-0.15, -0.1) is 0 Å². The number of allylic oxidation sites excluding steroid dienone is 2. The maximum absolute atomic E-state index is 14.5. The second-order valence-corrected chi connectivity index (χ2v) is 30.6. The van der Waals surface area contributed by atoms with Crippen LogP contribution in [0.1, 0.15) is 145 Å². The van der Waals surface area contributed by atoms with Crippen LogP contribution in [0.3, 0.4) is 0 Å². The van der Waals surface area contributed by atoms with Crippen molar-refractivity contribution in [2.75, 3.05) is 45.8 Å². The molecule has 8 aliphatic carbocycles. The first kappa shape index (κ1) is 64.6. The number of hydrogen-bond donors (Lipinski definition) is 2. The van der Waals surface area contributed by atoms with E-state index in [1.807, 2.05) is 27.7 Å². The molecule has 6 saturated heterocycles. The average molecular weight is 1230 g/mol. The number of nitrogens with zero attached hydrogens (tertiary/aromatic N) is 6. The van der Waals surface area contributed by atoms with Crippen LogP contribution < -0.4 is 29.6 Å². The number of ether oxygens (including phenoxy) is 10. The van der Waals surface area contributed by atoms with Gasteiger partial charge >= 0.3 is 29.6 Å². The quantitative estimate of drug-likeness (QED) is 0.0384. The summed E-state index contributed by atoms with van der Waals surface area (Å²) in [4.78, 5) is 33.2. The van der Waals surface area contributed by atoms with E-state index in [1.165, 1.54) is 16.1 Å². The topological polar surface area (TPSA) is 318 Å². The predicted molar refractivity (Wildman–Crippen MR) is 301 cm³/mol. The molecule has 25 heteroatoms. The number of azide groups is 1. The summed E-state index contributed by atoms with van der Waals surface area (Å²) in [6, 6.07) is 0. The molecule has 16 rings (SSSR count). The first-order chi connectivity index (χ1) is 40.0. The van der Waals surface area contributed by atoms with Gasteiger partial charge in [0.05, 0.1) is 62.3 Å². The van der Waals surface area contributed by atoms with Crippen molar-refractivity contribution in [1.82, 2.24) is 0 Å². The van der Waals surface area contributed by atoms with Crippen LogP contribution in [0.25, 0.3) is 26.4 Å². The van der Waals surface area contributed by atoms with Crippen molar-refractivity contribution in [1.29, 1.82) is 0 Å². The number of ketones is 2. The number of carbonyl (C=O) groups is 2. The molecule has 18 atom stereocenters. The molecule has 2 N–H and O–H groups in total. The van der Waals surface area contributed by atoms with Gasteiger partial charge in [0.2, 0.25) is 11.6 Å². The van der Waals surface area contributed by atoms with Gasteiger partial charge in [-0.2, -0.15) is 8.42 Å². The fourth-order valence-corrected chi connectivity index (χ4v) is 21.1. The molecule has 23 nitrogen and oxygen atoms in total.